The van der Waals surface area contributed by atoms with Crippen LogP contribution in [0, 0.1) is 0 Å². The maximum absolute atomic E-state index is 10.1. The van der Waals surface area contributed by atoms with Gasteiger partial charge in [0.1, 0.15) is 0 Å². The van der Waals surface area contributed by atoms with Gasteiger partial charge in [-0.15, -0.1) is 0 Å². The molecule has 0 aromatic heterocycles. The van der Waals surface area contributed by atoms with Crippen LogP contribution in [0.1, 0.15) is 142 Å². The van der Waals surface area contributed by atoms with Crippen molar-refractivity contribution in [3.8, 4) is 0 Å². The first-order valence-corrected chi connectivity index (χ1v) is 11.9. The zero-order valence-electron chi connectivity index (χ0n) is 20.2. The number of rotatable bonds is 20. The molecule has 0 unspecified atom stereocenters. The number of hydrogen-bond acceptors (Lipinski definition) is 4. The van der Waals surface area contributed by atoms with Crippen molar-refractivity contribution in [3.05, 3.63) is 0 Å². The van der Waals surface area contributed by atoms with E-state index in [1.54, 1.807) is 0 Å². The quantitative estimate of drug-likeness (QED) is 0.158. The van der Waals surface area contributed by atoms with Crippen molar-refractivity contribution in [2.45, 2.75) is 142 Å². The van der Waals surface area contributed by atoms with E-state index in [9.17, 15) is 19.8 Å². The van der Waals surface area contributed by atoms with Crippen molar-refractivity contribution < 1.29 is 58.8 Å². The summed E-state index contributed by atoms with van der Waals surface area (Å²) in [6.07, 6.45) is 22.3. The van der Waals surface area contributed by atoms with Gasteiger partial charge in [0.2, 0.25) is 0 Å². The first-order chi connectivity index (χ1) is 13.5. The zero-order valence-corrected chi connectivity index (χ0v) is 26.1. The van der Waals surface area contributed by atoms with Crippen LogP contribution >= 0.6 is 0 Å². The molecule has 0 amide bonds. The molecule has 0 aromatic carbocycles. The number of carboxylic acids is 2. The van der Waals surface area contributed by atoms with E-state index in [4.69, 9.17) is 0 Å². The second kappa shape index (κ2) is 33.8. The summed E-state index contributed by atoms with van der Waals surface area (Å²) in [5.41, 5.74) is 0. The smallest absolute Gasteiger partial charge is 0.550 e. The third-order valence-electron chi connectivity index (χ3n) is 4.97. The molecule has 0 spiro atoms. The maximum Gasteiger partial charge on any atom is 2.00 e. The van der Waals surface area contributed by atoms with Crippen molar-refractivity contribution in [2.24, 2.45) is 0 Å². The van der Waals surface area contributed by atoms with E-state index in [1.165, 1.54) is 89.9 Å². The van der Waals surface area contributed by atoms with Gasteiger partial charge in [0, 0.05) is 11.9 Å². The summed E-state index contributed by atoms with van der Waals surface area (Å²) in [5.74, 6) is -1.82. The number of hydrogen-bond donors (Lipinski definition) is 0. The fraction of sp³-hybridized carbons (Fsp3) is 0.917. The van der Waals surface area contributed by atoms with Crippen LogP contribution in [0.4, 0.5) is 0 Å². The molecular weight excluding hydrogens is 483 g/mol. The van der Waals surface area contributed by atoms with Crippen molar-refractivity contribution in [1.29, 1.82) is 0 Å². The minimum Gasteiger partial charge on any atom is -0.550 e. The first kappa shape index (κ1) is 37.5. The van der Waals surface area contributed by atoms with E-state index in [0.29, 0.717) is 0 Å². The summed E-state index contributed by atoms with van der Waals surface area (Å²) in [6, 6.07) is 0. The van der Waals surface area contributed by atoms with Crippen LogP contribution < -0.4 is 10.2 Å². The Morgan fingerprint density at radius 2 is 0.633 bits per heavy atom. The van der Waals surface area contributed by atoms with Gasteiger partial charge in [-0.2, -0.15) is 0 Å². The van der Waals surface area contributed by atoms with E-state index in [-0.39, 0.29) is 51.8 Å². The third-order valence-corrected chi connectivity index (χ3v) is 4.97. The molecule has 0 aromatic rings. The van der Waals surface area contributed by atoms with Crippen LogP contribution in [-0.2, 0) is 48.5 Å². The van der Waals surface area contributed by atoms with Gasteiger partial charge in [-0.3, -0.25) is 0 Å². The predicted octanol–water partition coefficient (Wildman–Crippen LogP) is 5.31. The average molecular weight is 529 g/mol. The van der Waals surface area contributed by atoms with E-state index < -0.39 is 11.9 Å². The molecule has 0 radical (unpaired) electrons. The average Bonchev–Trinajstić information content (AvgIpc) is 2.65. The van der Waals surface area contributed by atoms with E-state index in [1.807, 2.05) is 0 Å². The van der Waals surface area contributed by atoms with Gasteiger partial charge < -0.3 is 19.8 Å². The second-order valence-corrected chi connectivity index (χ2v) is 7.90. The Bertz CT molecular complexity index is 307. The fourth-order valence-corrected chi connectivity index (χ4v) is 3.16. The number of carbonyl (C=O) groups is 2. The molecule has 0 fully saturated rings. The molecule has 168 valence electrons. The Morgan fingerprint density at radius 1 is 0.433 bits per heavy atom. The third kappa shape index (κ3) is 42.3. The van der Waals surface area contributed by atoms with Gasteiger partial charge in [0.05, 0.1) is 0 Å². The number of carbonyl (C=O) groups excluding carboxylic acids is 2. The minimum atomic E-state index is -0.909. The first-order valence-electron chi connectivity index (χ1n) is 11.9. The molecule has 0 aliphatic carbocycles. The Labute approximate surface area is 212 Å². The zero-order chi connectivity index (χ0) is 21.3. The standard InChI is InChI=1S/2C12H24O2.2Zn/c2*1-2-3-4-5-6-7-8-9-10-11-12(13)14;;/h2*2-11H2,1H3,(H,13,14);;/q;;2*+2/p-2. The molecule has 0 heterocycles. The summed E-state index contributed by atoms with van der Waals surface area (Å²) in [6.45, 7) is 4.44. The molecule has 0 rings (SSSR count). The van der Waals surface area contributed by atoms with Gasteiger partial charge in [0.15, 0.2) is 0 Å². The topological polar surface area (TPSA) is 80.3 Å². The van der Waals surface area contributed by atoms with Crippen LogP contribution in [0.5, 0.6) is 0 Å². The molecular formula is C24H46O4Zn2+2. The molecule has 4 nitrogen and oxygen atoms in total. The number of aliphatic carboxylic acids is 2. The molecule has 0 atom stereocenters. The molecule has 0 N–H and O–H groups in total. The van der Waals surface area contributed by atoms with Crippen LogP contribution in [-0.4, -0.2) is 11.9 Å². The van der Waals surface area contributed by atoms with Gasteiger partial charge in [-0.05, 0) is 25.7 Å². The van der Waals surface area contributed by atoms with Crippen molar-refractivity contribution in [1.82, 2.24) is 0 Å². The fourth-order valence-electron chi connectivity index (χ4n) is 3.16. The van der Waals surface area contributed by atoms with Crippen molar-refractivity contribution in [3.63, 3.8) is 0 Å². The molecule has 0 bridgehead atoms. The monoisotopic (exact) mass is 526 g/mol. The van der Waals surface area contributed by atoms with E-state index in [2.05, 4.69) is 13.8 Å². The molecule has 0 aliphatic heterocycles. The molecule has 30 heavy (non-hydrogen) atoms. The Balaban J connectivity index is -0.000000211. The second-order valence-electron chi connectivity index (χ2n) is 7.90. The number of unbranched alkanes of at least 4 members (excludes halogenated alkanes) is 16. The van der Waals surface area contributed by atoms with Crippen LogP contribution in [0.25, 0.3) is 0 Å². The number of carboxylic acid groups (broad SMARTS) is 2. The largest absolute Gasteiger partial charge is 2.00 e. The molecule has 6 heteroatoms. The normalized spacial score (nSPS) is 9.67. The Hall–Kier alpha value is 0.187. The predicted molar refractivity (Wildman–Crippen MR) is 114 cm³/mol. The Morgan fingerprint density at radius 3 is 0.833 bits per heavy atom. The molecule has 0 aliphatic rings. The van der Waals surface area contributed by atoms with Gasteiger partial charge in [-0.1, -0.05) is 117 Å². The van der Waals surface area contributed by atoms with Crippen LogP contribution in [0.3, 0.4) is 0 Å². The Kier molecular flexibility index (Phi) is 42.3. The van der Waals surface area contributed by atoms with Crippen molar-refractivity contribution in [2.75, 3.05) is 0 Å². The summed E-state index contributed by atoms with van der Waals surface area (Å²) < 4.78 is 0. The summed E-state index contributed by atoms with van der Waals surface area (Å²) in [4.78, 5) is 20.2. The van der Waals surface area contributed by atoms with Gasteiger partial charge in [0.25, 0.3) is 0 Å². The van der Waals surface area contributed by atoms with E-state index >= 15 is 0 Å². The molecule has 0 saturated carbocycles. The van der Waals surface area contributed by atoms with Gasteiger partial charge in [-0.25, -0.2) is 0 Å². The summed E-state index contributed by atoms with van der Waals surface area (Å²) in [7, 11) is 0. The van der Waals surface area contributed by atoms with Crippen LogP contribution in [0.15, 0.2) is 0 Å². The summed E-state index contributed by atoms with van der Waals surface area (Å²) in [5, 5.41) is 20.2. The maximum atomic E-state index is 10.1. The van der Waals surface area contributed by atoms with Crippen molar-refractivity contribution >= 4 is 11.9 Å². The van der Waals surface area contributed by atoms with Crippen LogP contribution in [0.2, 0.25) is 0 Å². The molecule has 0 saturated heterocycles. The minimum absolute atomic E-state index is 0. The SMILES string of the molecule is CCCCCCCCCCCC(=O)[O-].CCCCCCCCCCCC(=O)[O-].[Zn+2].[Zn+2]. The van der Waals surface area contributed by atoms with E-state index in [0.717, 1.165) is 25.7 Å². The summed E-state index contributed by atoms with van der Waals surface area (Å²) >= 11 is 0. The van der Waals surface area contributed by atoms with Gasteiger partial charge >= 0.3 is 39.0 Å².